The van der Waals surface area contributed by atoms with Gasteiger partial charge in [-0.1, -0.05) is 41.4 Å². The average Bonchev–Trinajstić information content (AvgIpc) is 2.82. The van der Waals surface area contributed by atoms with Crippen molar-refractivity contribution < 1.29 is 13.2 Å². The maximum atomic E-state index is 13.3. The normalized spacial score (nSPS) is 14.2. The molecule has 8 heteroatoms. The van der Waals surface area contributed by atoms with Crippen LogP contribution in [0.2, 0.25) is 5.02 Å². The van der Waals surface area contributed by atoms with Gasteiger partial charge in [-0.25, -0.2) is 8.42 Å². The third-order valence-electron chi connectivity index (χ3n) is 6.22. The lowest BCUT2D eigenvalue weighted by atomic mass is 10.1. The van der Waals surface area contributed by atoms with Gasteiger partial charge in [-0.05, 0) is 68.3 Å². The molecule has 0 saturated carbocycles. The summed E-state index contributed by atoms with van der Waals surface area (Å²) >= 11 is 6.18. The topological polar surface area (TPSA) is 69.7 Å². The SMILES string of the molecule is Cc1ccc(S(=O)(=O)Nc2cccc(C(=O)N3CCN(c4cc(Cl)ccc4C)CC3)c2C)cc1. The molecule has 1 amide bonds. The van der Waals surface area contributed by atoms with Crippen molar-refractivity contribution in [2.24, 2.45) is 0 Å². The van der Waals surface area contributed by atoms with Crippen LogP contribution in [0.1, 0.15) is 27.0 Å². The van der Waals surface area contributed by atoms with Gasteiger partial charge in [-0.2, -0.15) is 0 Å². The van der Waals surface area contributed by atoms with Crippen molar-refractivity contribution in [2.75, 3.05) is 35.8 Å². The van der Waals surface area contributed by atoms with E-state index in [0.29, 0.717) is 48.0 Å². The number of sulfonamides is 1. The minimum atomic E-state index is -3.76. The molecule has 0 atom stereocenters. The van der Waals surface area contributed by atoms with E-state index in [1.54, 1.807) is 49.4 Å². The van der Waals surface area contributed by atoms with Crippen molar-refractivity contribution in [3.05, 3.63) is 87.9 Å². The van der Waals surface area contributed by atoms with Crippen LogP contribution in [0.4, 0.5) is 11.4 Å². The molecule has 3 aromatic carbocycles. The Morgan fingerprint density at radius 3 is 2.26 bits per heavy atom. The fourth-order valence-electron chi connectivity index (χ4n) is 4.14. The Kier molecular flexibility index (Phi) is 6.86. The van der Waals surface area contributed by atoms with Crippen molar-refractivity contribution in [3.8, 4) is 0 Å². The van der Waals surface area contributed by atoms with Crippen LogP contribution in [0.25, 0.3) is 0 Å². The molecule has 1 N–H and O–H groups in total. The first kappa shape index (κ1) is 24.1. The van der Waals surface area contributed by atoms with Crippen molar-refractivity contribution >= 4 is 38.9 Å². The third-order valence-corrected chi connectivity index (χ3v) is 7.84. The number of hydrogen-bond acceptors (Lipinski definition) is 4. The van der Waals surface area contributed by atoms with Gasteiger partial charge in [0, 0.05) is 42.5 Å². The minimum Gasteiger partial charge on any atom is -0.368 e. The van der Waals surface area contributed by atoms with E-state index in [-0.39, 0.29) is 10.8 Å². The number of hydrogen-bond donors (Lipinski definition) is 1. The van der Waals surface area contributed by atoms with Gasteiger partial charge in [0.25, 0.3) is 15.9 Å². The van der Waals surface area contributed by atoms with E-state index in [9.17, 15) is 13.2 Å². The van der Waals surface area contributed by atoms with Crippen molar-refractivity contribution in [1.82, 2.24) is 4.90 Å². The number of rotatable bonds is 5. The smallest absolute Gasteiger partial charge is 0.261 e. The first-order chi connectivity index (χ1) is 16.2. The second kappa shape index (κ2) is 9.68. The van der Waals surface area contributed by atoms with Crippen LogP contribution < -0.4 is 9.62 Å². The number of carbonyl (C=O) groups excluding carboxylic acids is 1. The second-order valence-corrected chi connectivity index (χ2v) is 10.7. The summed E-state index contributed by atoms with van der Waals surface area (Å²) < 4.78 is 28.3. The summed E-state index contributed by atoms with van der Waals surface area (Å²) in [5.41, 5.74) is 4.72. The van der Waals surface area contributed by atoms with E-state index in [2.05, 4.69) is 16.5 Å². The van der Waals surface area contributed by atoms with Gasteiger partial charge in [0.15, 0.2) is 0 Å². The molecule has 0 aromatic heterocycles. The highest BCUT2D eigenvalue weighted by atomic mass is 35.5. The third kappa shape index (κ3) is 5.05. The van der Waals surface area contributed by atoms with Crippen LogP contribution in [0.5, 0.6) is 0 Å². The number of anilines is 2. The molecule has 1 aliphatic heterocycles. The van der Waals surface area contributed by atoms with E-state index < -0.39 is 10.0 Å². The summed E-state index contributed by atoms with van der Waals surface area (Å²) in [6.07, 6.45) is 0. The Labute approximate surface area is 206 Å². The molecular weight excluding hydrogens is 470 g/mol. The Morgan fingerprint density at radius 2 is 1.59 bits per heavy atom. The van der Waals surface area contributed by atoms with Crippen LogP contribution >= 0.6 is 11.6 Å². The van der Waals surface area contributed by atoms with E-state index in [0.717, 1.165) is 16.8 Å². The number of carbonyl (C=O) groups is 1. The summed E-state index contributed by atoms with van der Waals surface area (Å²) in [7, 11) is -3.76. The molecule has 1 saturated heterocycles. The lowest BCUT2D eigenvalue weighted by Crippen LogP contribution is -2.49. The summed E-state index contributed by atoms with van der Waals surface area (Å²) in [5.74, 6) is -0.101. The highest BCUT2D eigenvalue weighted by Gasteiger charge is 2.25. The summed E-state index contributed by atoms with van der Waals surface area (Å²) in [6.45, 7) is 8.27. The van der Waals surface area contributed by atoms with Crippen LogP contribution in [0, 0.1) is 20.8 Å². The monoisotopic (exact) mass is 497 g/mol. The van der Waals surface area contributed by atoms with Gasteiger partial charge in [0.05, 0.1) is 10.6 Å². The molecule has 34 heavy (non-hydrogen) atoms. The Morgan fingerprint density at radius 1 is 0.912 bits per heavy atom. The van der Waals surface area contributed by atoms with Crippen LogP contribution in [-0.4, -0.2) is 45.4 Å². The molecule has 0 bridgehead atoms. The predicted octanol–water partition coefficient (Wildman–Crippen LogP) is 5.03. The summed E-state index contributed by atoms with van der Waals surface area (Å²) in [6, 6.07) is 17.6. The van der Waals surface area contributed by atoms with Crippen molar-refractivity contribution in [1.29, 1.82) is 0 Å². The molecule has 0 unspecified atom stereocenters. The maximum absolute atomic E-state index is 13.3. The van der Waals surface area contributed by atoms with E-state index in [1.807, 2.05) is 30.0 Å². The number of piperazine rings is 1. The maximum Gasteiger partial charge on any atom is 0.261 e. The number of aryl methyl sites for hydroxylation is 2. The lowest BCUT2D eigenvalue weighted by Gasteiger charge is -2.37. The van der Waals surface area contributed by atoms with Crippen LogP contribution in [0.3, 0.4) is 0 Å². The van der Waals surface area contributed by atoms with Crippen molar-refractivity contribution in [2.45, 2.75) is 25.7 Å². The molecule has 1 heterocycles. The first-order valence-corrected chi connectivity index (χ1v) is 13.0. The largest absolute Gasteiger partial charge is 0.368 e. The second-order valence-electron chi connectivity index (χ2n) is 8.61. The van der Waals surface area contributed by atoms with E-state index >= 15 is 0 Å². The predicted molar refractivity (Wildman–Crippen MR) is 137 cm³/mol. The van der Waals surface area contributed by atoms with Gasteiger partial charge in [0.1, 0.15) is 0 Å². The fourth-order valence-corrected chi connectivity index (χ4v) is 5.43. The average molecular weight is 498 g/mol. The molecule has 0 spiro atoms. The zero-order valence-corrected chi connectivity index (χ0v) is 21.1. The van der Waals surface area contributed by atoms with E-state index in [1.165, 1.54) is 0 Å². The van der Waals surface area contributed by atoms with Gasteiger partial charge < -0.3 is 9.80 Å². The standard InChI is InChI=1S/C26H28ClN3O3S/c1-18-7-11-22(12-8-18)34(32,33)28-24-6-4-5-23(20(24)3)26(31)30-15-13-29(14-16-30)25-17-21(27)10-9-19(25)2/h4-12,17,28H,13-16H2,1-3H3. The molecule has 1 aliphatic rings. The van der Waals surface area contributed by atoms with Crippen LogP contribution in [-0.2, 0) is 10.0 Å². The van der Waals surface area contributed by atoms with Gasteiger partial charge in [-0.15, -0.1) is 0 Å². The zero-order chi connectivity index (χ0) is 24.5. The minimum absolute atomic E-state index is 0.101. The zero-order valence-electron chi connectivity index (χ0n) is 19.5. The quantitative estimate of drug-likeness (QED) is 0.537. The number of amides is 1. The molecule has 0 radical (unpaired) electrons. The fraction of sp³-hybridized carbons (Fsp3) is 0.269. The molecule has 3 aromatic rings. The summed E-state index contributed by atoms with van der Waals surface area (Å²) in [5, 5.41) is 0.694. The Bertz CT molecular complexity index is 1320. The van der Waals surface area contributed by atoms with Crippen molar-refractivity contribution in [3.63, 3.8) is 0 Å². The van der Waals surface area contributed by atoms with Gasteiger partial charge >= 0.3 is 0 Å². The molecule has 0 aliphatic carbocycles. The first-order valence-electron chi connectivity index (χ1n) is 11.2. The highest BCUT2D eigenvalue weighted by Crippen LogP contribution is 2.27. The van der Waals surface area contributed by atoms with Gasteiger partial charge in [0.2, 0.25) is 0 Å². The number of nitrogens with one attached hydrogen (secondary N) is 1. The number of halogens is 1. The Hall–Kier alpha value is -3.03. The van der Waals surface area contributed by atoms with Crippen LogP contribution in [0.15, 0.2) is 65.6 Å². The highest BCUT2D eigenvalue weighted by molar-refractivity contribution is 7.92. The molecule has 4 rings (SSSR count). The summed E-state index contributed by atoms with van der Waals surface area (Å²) in [4.78, 5) is 17.6. The Balaban J connectivity index is 1.49. The van der Waals surface area contributed by atoms with E-state index in [4.69, 9.17) is 11.6 Å². The number of nitrogens with zero attached hydrogens (tertiary/aromatic N) is 2. The molecule has 178 valence electrons. The molecule has 1 fully saturated rings. The number of benzene rings is 3. The molecule has 6 nitrogen and oxygen atoms in total. The lowest BCUT2D eigenvalue weighted by molar-refractivity contribution is 0.0746. The van der Waals surface area contributed by atoms with Gasteiger partial charge in [-0.3, -0.25) is 9.52 Å². The molecular formula is C26H28ClN3O3S.